The summed E-state index contributed by atoms with van der Waals surface area (Å²) in [5, 5.41) is 0. The second-order valence-electron chi connectivity index (χ2n) is 3.53. The third-order valence-corrected chi connectivity index (χ3v) is 2.74. The predicted molar refractivity (Wildman–Crippen MR) is 62.5 cm³/mol. The van der Waals surface area contributed by atoms with Gasteiger partial charge in [0.05, 0.1) is 0 Å². The fourth-order valence-corrected chi connectivity index (χ4v) is 1.51. The van der Waals surface area contributed by atoms with E-state index in [0.717, 1.165) is 6.42 Å². The zero-order chi connectivity index (χ0) is 11.4. The van der Waals surface area contributed by atoms with Gasteiger partial charge in [-0.05, 0) is 18.1 Å². The monoisotopic (exact) mass is 274 g/mol. The van der Waals surface area contributed by atoms with Gasteiger partial charge >= 0.3 is 0 Å². The van der Waals surface area contributed by atoms with E-state index in [9.17, 15) is 8.78 Å². The molecule has 3 heteroatoms. The summed E-state index contributed by atoms with van der Waals surface area (Å²) < 4.78 is 27.1. The molecule has 0 saturated heterocycles. The summed E-state index contributed by atoms with van der Waals surface area (Å²) in [6.45, 7) is 4.04. The Morgan fingerprint density at radius 3 is 2.33 bits per heavy atom. The fraction of sp³-hybridized carbons (Fsp3) is 0.333. The lowest BCUT2D eigenvalue weighted by molar-refractivity contribution is 0.576. The van der Waals surface area contributed by atoms with Gasteiger partial charge in [-0.15, -0.1) is 0 Å². The average Bonchev–Trinajstić information content (AvgIpc) is 2.15. The maximum atomic E-state index is 13.3. The molecule has 0 heterocycles. The minimum absolute atomic E-state index is 0.0264. The first-order valence-electron chi connectivity index (χ1n) is 4.87. The summed E-state index contributed by atoms with van der Waals surface area (Å²) in [4.78, 5) is 0. The molecular weight excluding hydrogens is 262 g/mol. The fourth-order valence-electron chi connectivity index (χ4n) is 1.11. The Hall–Kier alpha value is -0.700. The van der Waals surface area contributed by atoms with Crippen molar-refractivity contribution in [2.75, 3.05) is 0 Å². The maximum absolute atomic E-state index is 13.3. The van der Waals surface area contributed by atoms with Crippen LogP contribution < -0.4 is 0 Å². The maximum Gasteiger partial charge on any atom is 0.134 e. The Morgan fingerprint density at radius 2 is 1.87 bits per heavy atom. The predicted octanol–water partition coefficient (Wildman–Crippen LogP) is 4.79. The number of hydrogen-bond donors (Lipinski definition) is 0. The smallest absolute Gasteiger partial charge is 0.134 e. The van der Waals surface area contributed by atoms with Crippen molar-refractivity contribution in [1.82, 2.24) is 0 Å². The summed E-state index contributed by atoms with van der Waals surface area (Å²) >= 11 is 3.04. The van der Waals surface area contributed by atoms with Crippen LogP contribution in [0.15, 0.2) is 22.7 Å². The number of benzene rings is 1. The largest absolute Gasteiger partial charge is 0.206 e. The third kappa shape index (κ3) is 3.42. The average molecular weight is 275 g/mol. The SMILES string of the molecule is CC[C@@H](C)/C=C\c1c(F)cc(Br)cc1F. The quantitative estimate of drug-likeness (QED) is 0.744. The first kappa shape index (κ1) is 12.4. The van der Waals surface area contributed by atoms with Gasteiger partial charge in [-0.2, -0.15) is 0 Å². The van der Waals surface area contributed by atoms with Crippen LogP contribution in [0.25, 0.3) is 6.08 Å². The first-order chi connectivity index (χ1) is 7.04. The van der Waals surface area contributed by atoms with Crippen LogP contribution in [0.1, 0.15) is 25.8 Å². The number of halogens is 3. The molecule has 0 radical (unpaired) electrons. The number of rotatable bonds is 3. The second kappa shape index (κ2) is 5.40. The van der Waals surface area contributed by atoms with Crippen molar-refractivity contribution < 1.29 is 8.78 Å². The highest BCUT2D eigenvalue weighted by Gasteiger charge is 2.07. The van der Waals surface area contributed by atoms with E-state index in [4.69, 9.17) is 0 Å². The van der Waals surface area contributed by atoms with E-state index < -0.39 is 11.6 Å². The summed E-state index contributed by atoms with van der Waals surface area (Å²) in [5.41, 5.74) is 0.0264. The van der Waals surface area contributed by atoms with E-state index in [1.165, 1.54) is 18.2 Å². The van der Waals surface area contributed by atoms with Crippen LogP contribution in [0, 0.1) is 17.6 Å². The van der Waals surface area contributed by atoms with Crippen molar-refractivity contribution in [3.8, 4) is 0 Å². The first-order valence-corrected chi connectivity index (χ1v) is 5.66. The topological polar surface area (TPSA) is 0 Å². The standard InChI is InChI=1S/C12H13BrF2/c1-3-8(2)4-5-10-11(14)6-9(13)7-12(10)15/h4-8H,3H2,1-2H3/b5-4-/t8-/m1/s1. The zero-order valence-electron chi connectivity index (χ0n) is 8.73. The summed E-state index contributed by atoms with van der Waals surface area (Å²) in [6, 6.07) is 2.53. The Morgan fingerprint density at radius 1 is 1.33 bits per heavy atom. The molecule has 15 heavy (non-hydrogen) atoms. The van der Waals surface area contributed by atoms with Crippen LogP contribution in [0.3, 0.4) is 0 Å². The Kier molecular flexibility index (Phi) is 4.45. The molecule has 0 unspecified atom stereocenters. The van der Waals surface area contributed by atoms with Crippen molar-refractivity contribution in [1.29, 1.82) is 0 Å². The number of allylic oxidation sites excluding steroid dienone is 1. The lowest BCUT2D eigenvalue weighted by Gasteiger charge is -2.03. The van der Waals surface area contributed by atoms with Gasteiger partial charge in [-0.25, -0.2) is 8.78 Å². The lowest BCUT2D eigenvalue weighted by atomic mass is 10.1. The van der Waals surface area contributed by atoms with Gasteiger partial charge in [0.1, 0.15) is 11.6 Å². The highest BCUT2D eigenvalue weighted by molar-refractivity contribution is 9.10. The molecule has 1 aromatic carbocycles. The molecule has 0 N–H and O–H groups in total. The van der Waals surface area contributed by atoms with Crippen molar-refractivity contribution in [2.45, 2.75) is 20.3 Å². The van der Waals surface area contributed by atoms with Gasteiger partial charge in [0.15, 0.2) is 0 Å². The molecule has 0 fully saturated rings. The van der Waals surface area contributed by atoms with Crippen LogP contribution in [0.5, 0.6) is 0 Å². The molecule has 82 valence electrons. The van der Waals surface area contributed by atoms with Crippen LogP contribution in [-0.2, 0) is 0 Å². The molecule has 0 amide bonds. The normalized spacial score (nSPS) is 13.4. The molecule has 0 bridgehead atoms. The second-order valence-corrected chi connectivity index (χ2v) is 4.44. The molecule has 1 rings (SSSR count). The van der Waals surface area contributed by atoms with E-state index in [2.05, 4.69) is 15.9 Å². The van der Waals surface area contributed by atoms with Crippen molar-refractivity contribution in [3.05, 3.63) is 39.9 Å². The number of hydrogen-bond acceptors (Lipinski definition) is 0. The van der Waals surface area contributed by atoms with Crippen molar-refractivity contribution >= 4 is 22.0 Å². The highest BCUT2D eigenvalue weighted by atomic mass is 79.9. The summed E-state index contributed by atoms with van der Waals surface area (Å²) in [7, 11) is 0. The van der Waals surface area contributed by atoms with E-state index in [1.54, 1.807) is 0 Å². The van der Waals surface area contributed by atoms with Gasteiger partial charge in [0.2, 0.25) is 0 Å². The third-order valence-electron chi connectivity index (χ3n) is 2.28. The van der Waals surface area contributed by atoms with Crippen LogP contribution >= 0.6 is 15.9 Å². The molecule has 0 saturated carbocycles. The molecule has 0 aliphatic rings. The summed E-state index contributed by atoms with van der Waals surface area (Å²) in [6.07, 6.45) is 4.27. The van der Waals surface area contributed by atoms with Gasteiger partial charge in [-0.3, -0.25) is 0 Å². The van der Waals surface area contributed by atoms with Gasteiger partial charge in [-0.1, -0.05) is 48.4 Å². The van der Waals surface area contributed by atoms with E-state index >= 15 is 0 Å². The Labute approximate surface area is 97.1 Å². The van der Waals surface area contributed by atoms with Gasteiger partial charge in [0, 0.05) is 10.0 Å². The molecule has 0 spiro atoms. The Balaban J connectivity index is 3.00. The molecule has 0 aromatic heterocycles. The van der Waals surface area contributed by atoms with E-state index in [1.807, 2.05) is 19.9 Å². The highest BCUT2D eigenvalue weighted by Crippen LogP contribution is 2.21. The van der Waals surface area contributed by atoms with Crippen LogP contribution in [0.4, 0.5) is 8.78 Å². The van der Waals surface area contributed by atoms with E-state index in [-0.39, 0.29) is 5.56 Å². The molecule has 0 aliphatic carbocycles. The van der Waals surface area contributed by atoms with Gasteiger partial charge in [0.25, 0.3) is 0 Å². The molecule has 0 nitrogen and oxygen atoms in total. The molecular formula is C12H13BrF2. The zero-order valence-corrected chi connectivity index (χ0v) is 10.3. The Bertz CT molecular complexity index is 349. The molecule has 0 aliphatic heterocycles. The lowest BCUT2D eigenvalue weighted by Crippen LogP contribution is -1.90. The van der Waals surface area contributed by atoms with E-state index in [0.29, 0.717) is 10.4 Å². The van der Waals surface area contributed by atoms with Crippen molar-refractivity contribution in [3.63, 3.8) is 0 Å². The minimum Gasteiger partial charge on any atom is -0.206 e. The van der Waals surface area contributed by atoms with Crippen molar-refractivity contribution in [2.24, 2.45) is 5.92 Å². The summed E-state index contributed by atoms with van der Waals surface area (Å²) in [5.74, 6) is -0.754. The minimum atomic E-state index is -0.540. The molecule has 1 atom stereocenters. The van der Waals surface area contributed by atoms with Gasteiger partial charge < -0.3 is 0 Å². The molecule has 1 aromatic rings. The van der Waals surface area contributed by atoms with Crippen LogP contribution in [0.2, 0.25) is 0 Å². The van der Waals surface area contributed by atoms with Crippen LogP contribution in [-0.4, -0.2) is 0 Å².